The number of hydrogen-bond donors (Lipinski definition) is 2. The SMILES string of the molecule is C=C/C(C)=C(\C=C)N/C(=C/CCC)c1ccc(NC(=O)c2ccc(OCC)c(CC)c2)cc1.CC. The molecule has 4 nitrogen and oxygen atoms in total. The highest BCUT2D eigenvalue weighted by Gasteiger charge is 2.11. The number of hydrogen-bond acceptors (Lipinski definition) is 3. The van der Waals surface area contributed by atoms with E-state index in [0.717, 1.165) is 58.8 Å². The van der Waals surface area contributed by atoms with E-state index < -0.39 is 0 Å². The topological polar surface area (TPSA) is 50.4 Å². The molecular weight excluding hydrogens is 432 g/mol. The molecule has 1 amide bonds. The molecule has 0 saturated carbocycles. The Balaban J connectivity index is 0.00000298. The van der Waals surface area contributed by atoms with Crippen LogP contribution in [0.1, 0.15) is 75.9 Å². The van der Waals surface area contributed by atoms with Crippen molar-refractivity contribution in [3.05, 3.63) is 102 Å². The molecule has 0 aliphatic heterocycles. The van der Waals surface area contributed by atoms with Crippen molar-refractivity contribution in [2.45, 2.75) is 60.8 Å². The molecular formula is C31H42N2O2. The van der Waals surface area contributed by atoms with Crippen molar-refractivity contribution in [3.8, 4) is 5.75 Å². The van der Waals surface area contributed by atoms with Gasteiger partial charge in [0.25, 0.3) is 5.91 Å². The first-order valence-corrected chi connectivity index (χ1v) is 12.6. The Morgan fingerprint density at radius 3 is 2.17 bits per heavy atom. The highest BCUT2D eigenvalue weighted by atomic mass is 16.5. The van der Waals surface area contributed by atoms with Crippen LogP contribution in [0.2, 0.25) is 0 Å². The number of anilines is 1. The Labute approximate surface area is 212 Å². The minimum Gasteiger partial charge on any atom is -0.494 e. The van der Waals surface area contributed by atoms with Gasteiger partial charge in [-0.2, -0.15) is 0 Å². The van der Waals surface area contributed by atoms with Crippen LogP contribution in [0.5, 0.6) is 5.75 Å². The third-order valence-electron chi connectivity index (χ3n) is 5.30. The zero-order chi connectivity index (χ0) is 26.2. The van der Waals surface area contributed by atoms with E-state index >= 15 is 0 Å². The summed E-state index contributed by atoms with van der Waals surface area (Å²) in [5.41, 5.74) is 6.37. The van der Waals surface area contributed by atoms with Gasteiger partial charge in [-0.15, -0.1) is 0 Å². The number of benzene rings is 2. The van der Waals surface area contributed by atoms with Crippen LogP contribution in [0.25, 0.3) is 5.70 Å². The molecule has 35 heavy (non-hydrogen) atoms. The lowest BCUT2D eigenvalue weighted by Crippen LogP contribution is -2.13. The number of nitrogens with one attached hydrogen (secondary N) is 2. The van der Waals surface area contributed by atoms with Gasteiger partial charge >= 0.3 is 0 Å². The normalized spacial score (nSPS) is 11.4. The fraction of sp³-hybridized carbons (Fsp3) is 0.323. The largest absolute Gasteiger partial charge is 0.494 e. The van der Waals surface area contributed by atoms with Gasteiger partial charge in [0.05, 0.1) is 6.61 Å². The molecule has 188 valence electrons. The average molecular weight is 475 g/mol. The fourth-order valence-corrected chi connectivity index (χ4v) is 3.33. The Morgan fingerprint density at radius 1 is 0.971 bits per heavy atom. The summed E-state index contributed by atoms with van der Waals surface area (Å²) < 4.78 is 5.64. The van der Waals surface area contributed by atoms with E-state index in [1.54, 1.807) is 12.1 Å². The predicted octanol–water partition coefficient (Wildman–Crippen LogP) is 8.30. The molecule has 0 aliphatic rings. The maximum atomic E-state index is 12.8. The first-order chi connectivity index (χ1) is 17.0. The Kier molecular flexibility index (Phi) is 13.6. The van der Waals surface area contributed by atoms with Crippen LogP contribution >= 0.6 is 0 Å². The van der Waals surface area contributed by atoms with Crippen molar-refractivity contribution >= 4 is 17.3 Å². The van der Waals surface area contributed by atoms with Crippen molar-refractivity contribution in [2.24, 2.45) is 0 Å². The number of unbranched alkanes of at least 4 members (excludes halogenated alkanes) is 1. The summed E-state index contributed by atoms with van der Waals surface area (Å²) in [5, 5.41) is 6.46. The first-order valence-electron chi connectivity index (χ1n) is 12.6. The molecule has 2 aromatic rings. The number of ether oxygens (including phenoxy) is 1. The maximum absolute atomic E-state index is 12.8. The summed E-state index contributed by atoms with van der Waals surface area (Å²) in [6.07, 6.45) is 8.60. The van der Waals surface area contributed by atoms with Crippen LogP contribution in [0, 0.1) is 0 Å². The second-order valence-corrected chi connectivity index (χ2v) is 7.68. The fourth-order valence-electron chi connectivity index (χ4n) is 3.33. The van der Waals surface area contributed by atoms with Crippen molar-refractivity contribution in [1.29, 1.82) is 0 Å². The Morgan fingerprint density at radius 2 is 1.63 bits per heavy atom. The van der Waals surface area contributed by atoms with Crippen LogP contribution in [0.3, 0.4) is 0 Å². The van der Waals surface area contributed by atoms with Crippen molar-refractivity contribution in [2.75, 3.05) is 11.9 Å². The first kappa shape index (κ1) is 29.5. The molecule has 0 aliphatic carbocycles. The molecule has 0 bridgehead atoms. The van der Waals surface area contributed by atoms with E-state index in [0.29, 0.717) is 12.2 Å². The third kappa shape index (κ3) is 8.97. The zero-order valence-corrected chi connectivity index (χ0v) is 22.3. The number of carbonyl (C=O) groups excluding carboxylic acids is 1. The number of rotatable bonds is 12. The van der Waals surface area contributed by atoms with Gasteiger partial charge in [0.15, 0.2) is 0 Å². The molecule has 0 saturated heterocycles. The smallest absolute Gasteiger partial charge is 0.255 e. The van der Waals surface area contributed by atoms with Crippen molar-refractivity contribution in [1.82, 2.24) is 5.32 Å². The third-order valence-corrected chi connectivity index (χ3v) is 5.30. The van der Waals surface area contributed by atoms with Gasteiger partial charge in [-0.3, -0.25) is 4.79 Å². The van der Waals surface area contributed by atoms with Crippen LogP contribution in [0.4, 0.5) is 5.69 Å². The number of amides is 1. The van der Waals surface area contributed by atoms with Crippen molar-refractivity contribution in [3.63, 3.8) is 0 Å². The van der Waals surface area contributed by atoms with E-state index in [4.69, 9.17) is 4.74 Å². The van der Waals surface area contributed by atoms with Gasteiger partial charge in [-0.25, -0.2) is 0 Å². The standard InChI is InChI=1S/C29H36N2O2.C2H6/c1-7-12-13-27(31-26(10-4)21(6)8-2)23-14-17-25(18-15-23)30-29(32)24-16-19-28(33-11-5)22(9-3)20-24;1-2/h8,10,13-20,31H,2,4,7,9,11-12H2,1,3,5-6H3,(H,30,32);1-2H3/b26-21+,27-13+;. The lowest BCUT2D eigenvalue weighted by Gasteiger charge is -2.15. The van der Waals surface area contributed by atoms with Gasteiger partial charge in [-0.1, -0.05) is 71.6 Å². The number of carbonyl (C=O) groups is 1. The molecule has 0 fully saturated rings. The summed E-state index contributed by atoms with van der Waals surface area (Å²) in [4.78, 5) is 12.8. The predicted molar refractivity (Wildman–Crippen MR) is 152 cm³/mol. The van der Waals surface area contributed by atoms with E-state index in [1.165, 1.54) is 0 Å². The van der Waals surface area contributed by atoms with E-state index in [2.05, 4.69) is 43.7 Å². The van der Waals surface area contributed by atoms with Crippen molar-refractivity contribution < 1.29 is 9.53 Å². The van der Waals surface area contributed by atoms with Gasteiger partial charge < -0.3 is 15.4 Å². The number of aryl methyl sites for hydroxylation is 1. The molecule has 0 radical (unpaired) electrons. The second kappa shape index (κ2) is 16.2. The van der Waals surface area contributed by atoms with E-state index in [9.17, 15) is 4.79 Å². The lowest BCUT2D eigenvalue weighted by molar-refractivity contribution is 0.102. The van der Waals surface area contributed by atoms with Gasteiger partial charge in [0, 0.05) is 22.6 Å². The number of allylic oxidation sites excluding steroid dienone is 4. The molecule has 0 heterocycles. The summed E-state index contributed by atoms with van der Waals surface area (Å²) in [5.74, 6) is 0.693. The summed E-state index contributed by atoms with van der Waals surface area (Å²) in [6.45, 7) is 20.5. The van der Waals surface area contributed by atoms with E-state index in [1.807, 2.05) is 70.2 Å². The molecule has 2 N–H and O–H groups in total. The lowest BCUT2D eigenvalue weighted by atomic mass is 10.1. The average Bonchev–Trinajstić information content (AvgIpc) is 2.90. The summed E-state index contributed by atoms with van der Waals surface area (Å²) in [6, 6.07) is 13.4. The quantitative estimate of drug-likeness (QED) is 0.304. The van der Waals surface area contributed by atoms with Gasteiger partial charge in [0.2, 0.25) is 0 Å². The summed E-state index contributed by atoms with van der Waals surface area (Å²) >= 11 is 0. The van der Waals surface area contributed by atoms with Crippen LogP contribution in [-0.2, 0) is 6.42 Å². The molecule has 0 unspecified atom stereocenters. The molecule has 4 heteroatoms. The zero-order valence-electron chi connectivity index (χ0n) is 22.3. The van der Waals surface area contributed by atoms with E-state index in [-0.39, 0.29) is 5.91 Å². The second-order valence-electron chi connectivity index (χ2n) is 7.68. The van der Waals surface area contributed by atoms with Gasteiger partial charge in [0.1, 0.15) is 5.75 Å². The Bertz CT molecular complexity index is 1030. The molecule has 2 rings (SSSR count). The monoisotopic (exact) mass is 474 g/mol. The minimum absolute atomic E-state index is 0.140. The van der Waals surface area contributed by atoms with Crippen LogP contribution in [-0.4, -0.2) is 12.5 Å². The van der Waals surface area contributed by atoms with Gasteiger partial charge in [-0.05, 0) is 79.8 Å². The molecule has 0 atom stereocenters. The maximum Gasteiger partial charge on any atom is 0.255 e. The van der Waals surface area contributed by atoms with Crippen LogP contribution < -0.4 is 15.4 Å². The van der Waals surface area contributed by atoms with Crippen LogP contribution in [0.15, 0.2) is 85.1 Å². The summed E-state index contributed by atoms with van der Waals surface area (Å²) in [7, 11) is 0. The minimum atomic E-state index is -0.140. The highest BCUT2D eigenvalue weighted by Crippen LogP contribution is 2.23. The Hall–Kier alpha value is -3.53. The molecule has 2 aromatic carbocycles. The molecule has 0 aromatic heterocycles. The highest BCUT2D eigenvalue weighted by molar-refractivity contribution is 6.04. The molecule has 0 spiro atoms.